The molecule has 5 atom stereocenters. The predicted molar refractivity (Wildman–Crippen MR) is 121 cm³/mol. The maximum absolute atomic E-state index is 13.5. The van der Waals surface area contributed by atoms with E-state index in [9.17, 15) is 9.59 Å². The number of carbonyl (C=O) groups is 2. The van der Waals surface area contributed by atoms with Crippen molar-refractivity contribution in [3.63, 3.8) is 0 Å². The second-order valence-corrected chi connectivity index (χ2v) is 9.30. The first-order valence-electron chi connectivity index (χ1n) is 11.5. The van der Waals surface area contributed by atoms with E-state index in [0.29, 0.717) is 18.0 Å². The highest BCUT2D eigenvalue weighted by molar-refractivity contribution is 6.03. The van der Waals surface area contributed by atoms with Crippen molar-refractivity contribution in [2.75, 3.05) is 18.2 Å². The van der Waals surface area contributed by atoms with Crippen molar-refractivity contribution in [2.45, 2.75) is 37.5 Å². The highest BCUT2D eigenvalue weighted by Crippen LogP contribution is 2.53. The molecule has 0 unspecified atom stereocenters. The molecule has 2 bridgehead atoms. The van der Waals surface area contributed by atoms with Crippen LogP contribution in [-0.2, 0) is 20.7 Å². The first kappa shape index (κ1) is 20.3. The summed E-state index contributed by atoms with van der Waals surface area (Å²) < 4.78 is 17.1. The molecule has 2 saturated heterocycles. The molecule has 2 fully saturated rings. The van der Waals surface area contributed by atoms with E-state index in [1.165, 1.54) is 5.56 Å². The zero-order chi connectivity index (χ0) is 22.6. The highest BCUT2D eigenvalue weighted by Gasteiger charge is 2.67. The number of nitrogens with one attached hydrogen (secondary N) is 1. The summed E-state index contributed by atoms with van der Waals surface area (Å²) >= 11 is 0. The lowest BCUT2D eigenvalue weighted by Crippen LogP contribution is -2.46. The molecule has 1 N–H and O–H groups in total. The van der Waals surface area contributed by atoms with E-state index >= 15 is 0 Å². The number of carbonyl (C=O) groups excluding carboxylic acids is 2. The van der Waals surface area contributed by atoms with Crippen molar-refractivity contribution in [3.05, 3.63) is 66.2 Å². The molecule has 33 heavy (non-hydrogen) atoms. The number of hydrogen-bond acceptors (Lipinski definition) is 5. The van der Waals surface area contributed by atoms with Crippen LogP contribution in [0, 0.1) is 11.8 Å². The number of hydrogen-bond donors (Lipinski definition) is 1. The van der Waals surface area contributed by atoms with E-state index in [4.69, 9.17) is 14.2 Å². The van der Waals surface area contributed by atoms with Crippen molar-refractivity contribution >= 4 is 17.5 Å². The van der Waals surface area contributed by atoms with E-state index in [1.54, 1.807) is 4.90 Å². The van der Waals surface area contributed by atoms with E-state index in [1.807, 2.05) is 55.5 Å². The Bertz CT molecular complexity index is 1130. The van der Waals surface area contributed by atoms with Crippen LogP contribution in [0.1, 0.15) is 18.9 Å². The highest BCUT2D eigenvalue weighted by atomic mass is 16.7. The molecule has 7 nitrogen and oxygen atoms in total. The van der Waals surface area contributed by atoms with Crippen molar-refractivity contribution in [2.24, 2.45) is 11.8 Å². The molecule has 0 aromatic heterocycles. The monoisotopic (exact) mass is 446 g/mol. The standard InChI is InChI=1S/C26H26N2O5/c1-16(7-8-17-5-3-2-4-6-17)27-24(29)22-20-11-12-26(33-20)14-28(25(30)23(22)26)18-9-10-19-21(13-18)32-15-31-19/h2-6,9-13,16,20,22-23H,7-8,14-15H2,1H3,(H,27,29)/t16-,20-,22-,23-,26+/m1/s1. The molecule has 6 rings (SSSR count). The lowest BCUT2D eigenvalue weighted by atomic mass is 9.76. The Labute approximate surface area is 192 Å². The molecule has 4 aliphatic rings. The Kier molecular flexibility index (Phi) is 4.69. The number of benzene rings is 2. The first-order valence-corrected chi connectivity index (χ1v) is 11.5. The number of amides is 2. The Hall–Kier alpha value is -3.32. The van der Waals surface area contributed by atoms with E-state index in [2.05, 4.69) is 17.4 Å². The van der Waals surface area contributed by atoms with Gasteiger partial charge >= 0.3 is 0 Å². The molecule has 2 amide bonds. The van der Waals surface area contributed by atoms with Gasteiger partial charge in [0.05, 0.1) is 24.5 Å². The Morgan fingerprint density at radius 2 is 2.00 bits per heavy atom. The van der Waals surface area contributed by atoms with Crippen LogP contribution in [-0.4, -0.2) is 42.9 Å². The first-order chi connectivity index (χ1) is 16.0. The summed E-state index contributed by atoms with van der Waals surface area (Å²) in [7, 11) is 0. The largest absolute Gasteiger partial charge is 0.454 e. The molecule has 0 aliphatic carbocycles. The van der Waals surface area contributed by atoms with Gasteiger partial charge in [-0.1, -0.05) is 42.5 Å². The molecule has 2 aromatic rings. The minimum atomic E-state index is -0.757. The number of fused-ring (bicyclic) bond motifs is 2. The van der Waals surface area contributed by atoms with Gasteiger partial charge in [0.15, 0.2) is 11.5 Å². The third-order valence-electron chi connectivity index (χ3n) is 7.17. The minimum absolute atomic E-state index is 0.00164. The van der Waals surface area contributed by atoms with Crippen molar-refractivity contribution < 1.29 is 23.8 Å². The van der Waals surface area contributed by atoms with Crippen molar-refractivity contribution in [1.82, 2.24) is 5.32 Å². The lowest BCUT2D eigenvalue weighted by Gasteiger charge is -2.25. The van der Waals surface area contributed by atoms with Gasteiger partial charge in [-0.25, -0.2) is 0 Å². The fraction of sp³-hybridized carbons (Fsp3) is 0.385. The third kappa shape index (κ3) is 3.30. The Morgan fingerprint density at radius 1 is 1.18 bits per heavy atom. The van der Waals surface area contributed by atoms with Crippen molar-refractivity contribution in [3.8, 4) is 11.5 Å². The fourth-order valence-corrected chi connectivity index (χ4v) is 5.51. The van der Waals surface area contributed by atoms with Gasteiger partial charge in [-0.2, -0.15) is 0 Å². The van der Waals surface area contributed by atoms with Crippen LogP contribution in [0.15, 0.2) is 60.7 Å². The summed E-state index contributed by atoms with van der Waals surface area (Å²) in [4.78, 5) is 28.6. The van der Waals surface area contributed by atoms with Crippen LogP contribution in [0.3, 0.4) is 0 Å². The molecule has 2 aromatic carbocycles. The molecule has 7 heteroatoms. The average Bonchev–Trinajstić information content (AvgIpc) is 3.58. The Morgan fingerprint density at radius 3 is 2.85 bits per heavy atom. The maximum Gasteiger partial charge on any atom is 0.234 e. The molecule has 0 saturated carbocycles. The number of nitrogens with zero attached hydrogens (tertiary/aromatic N) is 1. The third-order valence-corrected chi connectivity index (χ3v) is 7.17. The second kappa shape index (κ2) is 7.63. The summed E-state index contributed by atoms with van der Waals surface area (Å²) in [6, 6.07) is 15.7. The van der Waals surface area contributed by atoms with Gasteiger partial charge in [-0.15, -0.1) is 0 Å². The summed E-state index contributed by atoms with van der Waals surface area (Å²) in [5.41, 5.74) is 1.21. The summed E-state index contributed by atoms with van der Waals surface area (Å²) in [6.45, 7) is 2.57. The molecule has 170 valence electrons. The van der Waals surface area contributed by atoms with Crippen molar-refractivity contribution in [1.29, 1.82) is 0 Å². The quantitative estimate of drug-likeness (QED) is 0.691. The minimum Gasteiger partial charge on any atom is -0.454 e. The molecular formula is C26H26N2O5. The zero-order valence-electron chi connectivity index (χ0n) is 18.4. The van der Waals surface area contributed by atoms with E-state index < -0.39 is 17.4 Å². The maximum atomic E-state index is 13.5. The van der Waals surface area contributed by atoms with Crippen LogP contribution in [0.2, 0.25) is 0 Å². The van der Waals surface area contributed by atoms with Crippen LogP contribution >= 0.6 is 0 Å². The SMILES string of the molecule is C[C@H](CCc1ccccc1)NC(=O)[C@@H]1[C@H]2C=C[C@@]3(CN(c4ccc5c(c4)OCO5)C(=O)[C@@H]13)O2. The van der Waals surface area contributed by atoms with Crippen LogP contribution < -0.4 is 19.7 Å². The molecule has 1 spiro atoms. The van der Waals surface area contributed by atoms with Crippen LogP contribution in [0.5, 0.6) is 11.5 Å². The number of aryl methyl sites for hydroxylation is 1. The average molecular weight is 447 g/mol. The predicted octanol–water partition coefficient (Wildman–Crippen LogP) is 2.84. The van der Waals surface area contributed by atoms with E-state index in [0.717, 1.165) is 18.5 Å². The molecule has 4 heterocycles. The summed E-state index contributed by atoms with van der Waals surface area (Å²) in [6.07, 6.45) is 5.26. The van der Waals surface area contributed by atoms with Gasteiger partial charge in [0.1, 0.15) is 5.60 Å². The van der Waals surface area contributed by atoms with E-state index in [-0.39, 0.29) is 30.8 Å². The van der Waals surface area contributed by atoms with Gasteiger partial charge < -0.3 is 24.4 Å². The molecule has 0 radical (unpaired) electrons. The zero-order valence-corrected chi connectivity index (χ0v) is 18.4. The number of anilines is 1. The van der Waals surface area contributed by atoms with Gasteiger partial charge in [-0.3, -0.25) is 9.59 Å². The van der Waals surface area contributed by atoms with Crippen LogP contribution in [0.4, 0.5) is 5.69 Å². The molecular weight excluding hydrogens is 420 g/mol. The number of ether oxygens (including phenoxy) is 3. The topological polar surface area (TPSA) is 77.1 Å². The number of rotatable bonds is 6. The van der Waals surface area contributed by atoms with Gasteiger partial charge in [0.25, 0.3) is 0 Å². The van der Waals surface area contributed by atoms with Gasteiger partial charge in [-0.05, 0) is 37.5 Å². The van der Waals surface area contributed by atoms with Gasteiger partial charge in [0, 0.05) is 17.8 Å². The summed E-state index contributed by atoms with van der Waals surface area (Å²) in [5, 5.41) is 3.14. The van der Waals surface area contributed by atoms with Gasteiger partial charge in [0.2, 0.25) is 18.6 Å². The Balaban J connectivity index is 1.17. The van der Waals surface area contributed by atoms with Crippen LogP contribution in [0.25, 0.3) is 0 Å². The smallest absolute Gasteiger partial charge is 0.234 e. The second-order valence-electron chi connectivity index (χ2n) is 9.30. The molecule has 4 aliphatic heterocycles. The fourth-order valence-electron chi connectivity index (χ4n) is 5.51. The lowest BCUT2D eigenvalue weighted by molar-refractivity contribution is -0.132. The summed E-state index contributed by atoms with van der Waals surface area (Å²) in [5.74, 6) is 0.0372. The normalized spacial score (nSPS) is 29.4.